The highest BCUT2D eigenvalue weighted by Crippen LogP contribution is 2.11. The zero-order valence-electron chi connectivity index (χ0n) is 14.3. The molecule has 0 atom stereocenters. The summed E-state index contributed by atoms with van der Waals surface area (Å²) >= 11 is 0. The maximum absolute atomic E-state index is 12.3. The Morgan fingerprint density at radius 2 is 1.88 bits per heavy atom. The first-order chi connectivity index (χ1) is 12.7. The number of anilines is 1. The lowest BCUT2D eigenvalue weighted by atomic mass is 10.2. The Morgan fingerprint density at radius 3 is 2.62 bits per heavy atom. The minimum Gasteiger partial charge on any atom is -0.497 e. The van der Waals surface area contributed by atoms with Gasteiger partial charge in [-0.3, -0.25) is 9.78 Å². The van der Waals surface area contributed by atoms with Crippen LogP contribution in [0.1, 0.15) is 21.6 Å². The molecule has 1 amide bonds. The first-order valence-corrected chi connectivity index (χ1v) is 8.11. The molecule has 0 saturated carbocycles. The Kier molecular flexibility index (Phi) is 5.72. The molecule has 7 nitrogen and oxygen atoms in total. The molecule has 7 heteroatoms. The zero-order chi connectivity index (χ0) is 18.2. The molecule has 2 N–H and O–H groups in total. The number of nitrogens with one attached hydrogen (secondary N) is 2. The molecule has 0 radical (unpaired) electrons. The molecule has 2 heterocycles. The monoisotopic (exact) mass is 349 g/mol. The standard InChI is InChI=1S/C19H19N5O2/c1-26-16-6-4-14(5-7-16)12-22-18(25)17-8-10-21-19(24-17)23-13-15-3-2-9-20-11-15/h2-11H,12-13H2,1H3,(H,22,25)(H,21,23,24). The van der Waals surface area contributed by atoms with Crippen molar-refractivity contribution >= 4 is 11.9 Å². The van der Waals surface area contributed by atoms with Crippen molar-refractivity contribution in [3.8, 4) is 5.75 Å². The van der Waals surface area contributed by atoms with Crippen LogP contribution in [0.15, 0.2) is 61.1 Å². The molecule has 3 aromatic rings. The third kappa shape index (κ3) is 4.76. The van der Waals surface area contributed by atoms with Crippen molar-refractivity contribution in [1.29, 1.82) is 0 Å². The van der Waals surface area contributed by atoms with E-state index in [0.717, 1.165) is 16.9 Å². The van der Waals surface area contributed by atoms with Crippen LogP contribution in [0.25, 0.3) is 0 Å². The summed E-state index contributed by atoms with van der Waals surface area (Å²) in [4.78, 5) is 24.7. The van der Waals surface area contributed by atoms with Crippen molar-refractivity contribution in [2.75, 3.05) is 12.4 Å². The summed E-state index contributed by atoms with van der Waals surface area (Å²) in [5.74, 6) is 0.916. The largest absolute Gasteiger partial charge is 0.497 e. The van der Waals surface area contributed by atoms with Crippen LogP contribution < -0.4 is 15.4 Å². The lowest BCUT2D eigenvalue weighted by Crippen LogP contribution is -2.24. The van der Waals surface area contributed by atoms with E-state index in [1.165, 1.54) is 0 Å². The lowest BCUT2D eigenvalue weighted by Gasteiger charge is -2.08. The van der Waals surface area contributed by atoms with Crippen LogP contribution in [0.3, 0.4) is 0 Å². The maximum Gasteiger partial charge on any atom is 0.270 e. The summed E-state index contributed by atoms with van der Waals surface area (Å²) < 4.78 is 5.12. The van der Waals surface area contributed by atoms with Crippen molar-refractivity contribution in [3.05, 3.63) is 77.9 Å². The molecular formula is C19H19N5O2. The lowest BCUT2D eigenvalue weighted by molar-refractivity contribution is 0.0946. The fraction of sp³-hybridized carbons (Fsp3) is 0.158. The van der Waals surface area contributed by atoms with E-state index in [0.29, 0.717) is 24.7 Å². The number of pyridine rings is 1. The number of carbonyl (C=O) groups excluding carboxylic acids is 1. The third-order valence-corrected chi connectivity index (χ3v) is 3.67. The Balaban J connectivity index is 1.57. The Labute approximate surface area is 151 Å². The van der Waals surface area contributed by atoms with E-state index in [4.69, 9.17) is 4.74 Å². The van der Waals surface area contributed by atoms with E-state index in [9.17, 15) is 4.79 Å². The van der Waals surface area contributed by atoms with Crippen LogP contribution >= 0.6 is 0 Å². The van der Waals surface area contributed by atoms with Crippen LogP contribution in [0.4, 0.5) is 5.95 Å². The first-order valence-electron chi connectivity index (χ1n) is 8.11. The fourth-order valence-corrected chi connectivity index (χ4v) is 2.27. The second-order valence-corrected chi connectivity index (χ2v) is 5.51. The molecule has 1 aromatic carbocycles. The van der Waals surface area contributed by atoms with E-state index in [1.807, 2.05) is 36.4 Å². The molecule has 0 aliphatic carbocycles. The van der Waals surface area contributed by atoms with Crippen molar-refractivity contribution < 1.29 is 9.53 Å². The molecule has 0 unspecified atom stereocenters. The highest BCUT2D eigenvalue weighted by molar-refractivity contribution is 5.92. The zero-order valence-corrected chi connectivity index (χ0v) is 14.3. The summed E-state index contributed by atoms with van der Waals surface area (Å²) in [6, 6.07) is 12.9. The summed E-state index contributed by atoms with van der Waals surface area (Å²) in [6.45, 7) is 0.941. The van der Waals surface area contributed by atoms with Gasteiger partial charge in [-0.05, 0) is 35.4 Å². The van der Waals surface area contributed by atoms with Crippen molar-refractivity contribution in [2.45, 2.75) is 13.1 Å². The molecular weight excluding hydrogens is 330 g/mol. The van der Waals surface area contributed by atoms with Gasteiger partial charge in [0.25, 0.3) is 5.91 Å². The van der Waals surface area contributed by atoms with E-state index >= 15 is 0 Å². The van der Waals surface area contributed by atoms with Gasteiger partial charge in [0, 0.05) is 31.7 Å². The van der Waals surface area contributed by atoms with Gasteiger partial charge in [0.1, 0.15) is 11.4 Å². The average Bonchev–Trinajstić information content (AvgIpc) is 2.72. The van der Waals surface area contributed by atoms with Crippen molar-refractivity contribution in [3.63, 3.8) is 0 Å². The Hall–Kier alpha value is -3.48. The molecule has 2 aromatic heterocycles. The molecule has 0 bridgehead atoms. The van der Waals surface area contributed by atoms with Crippen LogP contribution in [0, 0.1) is 0 Å². The highest BCUT2D eigenvalue weighted by atomic mass is 16.5. The number of hydrogen-bond acceptors (Lipinski definition) is 6. The minimum atomic E-state index is -0.257. The van der Waals surface area contributed by atoms with E-state index in [2.05, 4.69) is 25.6 Å². The van der Waals surface area contributed by atoms with Crippen molar-refractivity contribution in [1.82, 2.24) is 20.3 Å². The number of aromatic nitrogens is 3. The van der Waals surface area contributed by atoms with Crippen LogP contribution in [-0.2, 0) is 13.1 Å². The topological polar surface area (TPSA) is 89.0 Å². The van der Waals surface area contributed by atoms with Crippen LogP contribution in [0.2, 0.25) is 0 Å². The molecule has 0 aliphatic rings. The van der Waals surface area contributed by atoms with E-state index < -0.39 is 0 Å². The number of methoxy groups -OCH3 is 1. The smallest absolute Gasteiger partial charge is 0.270 e. The van der Waals surface area contributed by atoms with Gasteiger partial charge in [-0.1, -0.05) is 18.2 Å². The quantitative estimate of drug-likeness (QED) is 0.681. The second-order valence-electron chi connectivity index (χ2n) is 5.51. The maximum atomic E-state index is 12.3. The predicted molar refractivity (Wildman–Crippen MR) is 97.8 cm³/mol. The van der Waals surface area contributed by atoms with Crippen LogP contribution in [0.5, 0.6) is 5.75 Å². The average molecular weight is 349 g/mol. The SMILES string of the molecule is COc1ccc(CNC(=O)c2ccnc(NCc3cccnc3)n2)cc1. The van der Waals surface area contributed by atoms with E-state index in [-0.39, 0.29) is 5.91 Å². The third-order valence-electron chi connectivity index (χ3n) is 3.67. The van der Waals surface area contributed by atoms with Gasteiger partial charge in [0.05, 0.1) is 7.11 Å². The Morgan fingerprint density at radius 1 is 1.04 bits per heavy atom. The van der Waals surface area contributed by atoms with Gasteiger partial charge in [-0.15, -0.1) is 0 Å². The summed E-state index contributed by atoms with van der Waals surface area (Å²) in [6.07, 6.45) is 5.03. The number of nitrogens with zero attached hydrogens (tertiary/aromatic N) is 3. The number of carbonyl (C=O) groups is 1. The van der Waals surface area contributed by atoms with Gasteiger partial charge >= 0.3 is 0 Å². The van der Waals surface area contributed by atoms with Crippen LogP contribution in [-0.4, -0.2) is 28.0 Å². The molecule has 0 fully saturated rings. The van der Waals surface area contributed by atoms with Gasteiger partial charge in [0.2, 0.25) is 5.95 Å². The predicted octanol–water partition coefficient (Wildman–Crippen LogP) is 2.42. The normalized spacial score (nSPS) is 10.2. The summed E-state index contributed by atoms with van der Waals surface area (Å²) in [5, 5.41) is 5.93. The molecule has 0 spiro atoms. The molecule has 26 heavy (non-hydrogen) atoms. The van der Waals surface area contributed by atoms with Crippen molar-refractivity contribution in [2.24, 2.45) is 0 Å². The second kappa shape index (κ2) is 8.57. The minimum absolute atomic E-state index is 0.257. The number of hydrogen-bond donors (Lipinski definition) is 2. The fourth-order valence-electron chi connectivity index (χ4n) is 2.27. The molecule has 0 saturated heterocycles. The molecule has 0 aliphatic heterocycles. The first kappa shape index (κ1) is 17.3. The van der Waals surface area contributed by atoms with Gasteiger partial charge in [-0.25, -0.2) is 9.97 Å². The molecule has 132 valence electrons. The van der Waals surface area contributed by atoms with Gasteiger partial charge < -0.3 is 15.4 Å². The number of benzene rings is 1. The molecule has 3 rings (SSSR count). The number of rotatable bonds is 7. The summed E-state index contributed by atoms with van der Waals surface area (Å²) in [5.41, 5.74) is 2.29. The van der Waals surface area contributed by atoms with E-state index in [1.54, 1.807) is 31.8 Å². The summed E-state index contributed by atoms with van der Waals surface area (Å²) in [7, 11) is 1.62. The van der Waals surface area contributed by atoms with Gasteiger partial charge in [0.15, 0.2) is 0 Å². The number of ether oxygens (including phenoxy) is 1. The highest BCUT2D eigenvalue weighted by Gasteiger charge is 2.08. The van der Waals surface area contributed by atoms with Gasteiger partial charge in [-0.2, -0.15) is 0 Å². The Bertz CT molecular complexity index is 853. The number of amides is 1.